The molecule has 1 N–H and O–H groups in total. The number of carbonyl (C=O) groups is 1. The Kier molecular flexibility index (Phi) is 4.15. The first-order valence-corrected chi connectivity index (χ1v) is 7.82. The van der Waals surface area contributed by atoms with Gasteiger partial charge in [0.2, 0.25) is 5.91 Å². The number of para-hydroxylation sites is 2. The zero-order chi connectivity index (χ0) is 16.4. The number of amides is 1. The molecule has 23 heavy (non-hydrogen) atoms. The van der Waals surface area contributed by atoms with E-state index in [9.17, 15) is 4.79 Å². The van der Waals surface area contributed by atoms with Gasteiger partial charge in [-0.05, 0) is 31.5 Å². The summed E-state index contributed by atoms with van der Waals surface area (Å²) in [4.78, 5) is 16.1. The second-order valence-corrected chi connectivity index (χ2v) is 5.95. The van der Waals surface area contributed by atoms with Crippen molar-refractivity contribution >= 4 is 16.9 Å². The van der Waals surface area contributed by atoms with Gasteiger partial charge in [0, 0.05) is 13.5 Å². The third-order valence-electron chi connectivity index (χ3n) is 3.95. The van der Waals surface area contributed by atoms with Crippen LogP contribution in [0.1, 0.15) is 36.8 Å². The largest absolute Gasteiger partial charge is 0.347 e. The maximum Gasteiger partial charge on any atom is 0.217 e. The van der Waals surface area contributed by atoms with E-state index in [4.69, 9.17) is 4.98 Å². The van der Waals surface area contributed by atoms with Gasteiger partial charge in [-0.1, -0.05) is 42.0 Å². The van der Waals surface area contributed by atoms with E-state index in [1.165, 1.54) is 18.1 Å². The van der Waals surface area contributed by atoms with E-state index < -0.39 is 0 Å². The quantitative estimate of drug-likeness (QED) is 0.800. The van der Waals surface area contributed by atoms with Crippen LogP contribution in [0.25, 0.3) is 11.0 Å². The van der Waals surface area contributed by atoms with E-state index in [0.717, 1.165) is 23.4 Å². The van der Waals surface area contributed by atoms with Crippen molar-refractivity contribution in [2.24, 2.45) is 0 Å². The second kappa shape index (κ2) is 6.24. The highest BCUT2D eigenvalue weighted by atomic mass is 16.1. The zero-order valence-corrected chi connectivity index (χ0v) is 13.7. The molecule has 0 aliphatic carbocycles. The fraction of sp³-hybridized carbons (Fsp3) is 0.263. The van der Waals surface area contributed by atoms with Crippen molar-refractivity contribution in [3.8, 4) is 0 Å². The van der Waals surface area contributed by atoms with Crippen molar-refractivity contribution in [1.82, 2.24) is 14.9 Å². The van der Waals surface area contributed by atoms with Crippen LogP contribution in [0.3, 0.4) is 0 Å². The third kappa shape index (κ3) is 3.26. The van der Waals surface area contributed by atoms with E-state index >= 15 is 0 Å². The first kappa shape index (κ1) is 15.3. The van der Waals surface area contributed by atoms with Gasteiger partial charge in [-0.2, -0.15) is 0 Å². The van der Waals surface area contributed by atoms with Crippen LogP contribution in [-0.2, 0) is 11.3 Å². The molecule has 2 aromatic carbocycles. The summed E-state index contributed by atoms with van der Waals surface area (Å²) in [6, 6.07) is 16.4. The summed E-state index contributed by atoms with van der Waals surface area (Å²) >= 11 is 0. The standard InChI is InChI=1S/C19H21N3O/c1-13-8-10-16(11-9-13)12-22-18-7-5-4-6-17(18)21-19(22)14(2)20-15(3)23/h4-11,14H,12H2,1-3H3,(H,20,23)/t14-/m0/s1. The highest BCUT2D eigenvalue weighted by Crippen LogP contribution is 2.22. The van der Waals surface area contributed by atoms with Gasteiger partial charge in [0.05, 0.1) is 17.1 Å². The molecule has 0 saturated heterocycles. The molecule has 4 nitrogen and oxygen atoms in total. The number of nitrogens with zero attached hydrogens (tertiary/aromatic N) is 2. The third-order valence-corrected chi connectivity index (χ3v) is 3.95. The lowest BCUT2D eigenvalue weighted by atomic mass is 10.1. The Bertz CT molecular complexity index is 833. The summed E-state index contributed by atoms with van der Waals surface area (Å²) in [5, 5.41) is 2.93. The molecule has 118 valence electrons. The summed E-state index contributed by atoms with van der Waals surface area (Å²) in [5.74, 6) is 0.827. The number of benzene rings is 2. The van der Waals surface area contributed by atoms with Crippen LogP contribution >= 0.6 is 0 Å². The van der Waals surface area contributed by atoms with Crippen molar-refractivity contribution in [2.75, 3.05) is 0 Å². The van der Waals surface area contributed by atoms with E-state index in [1.54, 1.807) is 0 Å². The molecule has 1 amide bonds. The molecule has 0 unspecified atom stereocenters. The van der Waals surface area contributed by atoms with Crippen molar-refractivity contribution in [3.63, 3.8) is 0 Å². The van der Waals surface area contributed by atoms with Gasteiger partial charge in [-0.25, -0.2) is 4.98 Å². The van der Waals surface area contributed by atoms with Crippen molar-refractivity contribution in [3.05, 3.63) is 65.5 Å². The zero-order valence-electron chi connectivity index (χ0n) is 13.7. The van der Waals surface area contributed by atoms with Crippen LogP contribution in [0, 0.1) is 6.92 Å². The molecule has 0 spiro atoms. The lowest BCUT2D eigenvalue weighted by Crippen LogP contribution is -2.26. The number of aromatic nitrogens is 2. The Morgan fingerprint density at radius 3 is 2.57 bits per heavy atom. The number of fused-ring (bicyclic) bond motifs is 1. The van der Waals surface area contributed by atoms with Crippen LogP contribution in [0.2, 0.25) is 0 Å². The minimum Gasteiger partial charge on any atom is -0.347 e. The first-order chi connectivity index (χ1) is 11.0. The molecule has 1 aromatic heterocycles. The predicted molar refractivity (Wildman–Crippen MR) is 92.2 cm³/mol. The van der Waals surface area contributed by atoms with E-state index in [1.807, 2.05) is 25.1 Å². The molecule has 0 saturated carbocycles. The van der Waals surface area contributed by atoms with Crippen LogP contribution in [0.4, 0.5) is 0 Å². The van der Waals surface area contributed by atoms with Crippen LogP contribution in [0.15, 0.2) is 48.5 Å². The van der Waals surface area contributed by atoms with Gasteiger partial charge >= 0.3 is 0 Å². The van der Waals surface area contributed by atoms with E-state index in [2.05, 4.69) is 47.1 Å². The monoisotopic (exact) mass is 307 g/mol. The Morgan fingerprint density at radius 1 is 1.17 bits per heavy atom. The average molecular weight is 307 g/mol. The number of hydrogen-bond donors (Lipinski definition) is 1. The highest BCUT2D eigenvalue weighted by molar-refractivity contribution is 5.77. The summed E-state index contributed by atoms with van der Waals surface area (Å²) in [5.41, 5.74) is 4.50. The maximum atomic E-state index is 11.4. The molecule has 0 bridgehead atoms. The topological polar surface area (TPSA) is 46.9 Å². The lowest BCUT2D eigenvalue weighted by molar-refractivity contribution is -0.119. The number of hydrogen-bond acceptors (Lipinski definition) is 2. The maximum absolute atomic E-state index is 11.4. The lowest BCUT2D eigenvalue weighted by Gasteiger charge is -2.15. The molecular weight excluding hydrogens is 286 g/mol. The van der Waals surface area contributed by atoms with Gasteiger partial charge in [0.1, 0.15) is 5.82 Å². The predicted octanol–water partition coefficient (Wildman–Crippen LogP) is 3.59. The average Bonchev–Trinajstić information content (AvgIpc) is 2.88. The molecule has 0 aliphatic rings. The first-order valence-electron chi connectivity index (χ1n) is 7.82. The van der Waals surface area contributed by atoms with Gasteiger partial charge in [-0.15, -0.1) is 0 Å². The number of nitrogens with one attached hydrogen (secondary N) is 1. The molecular formula is C19H21N3O. The van der Waals surface area contributed by atoms with Gasteiger partial charge in [-0.3, -0.25) is 4.79 Å². The molecule has 0 fully saturated rings. The van der Waals surface area contributed by atoms with E-state index in [0.29, 0.717) is 0 Å². The summed E-state index contributed by atoms with van der Waals surface area (Å²) in [6.07, 6.45) is 0. The normalized spacial score (nSPS) is 12.3. The summed E-state index contributed by atoms with van der Waals surface area (Å²) in [6.45, 7) is 6.32. The minimum absolute atomic E-state index is 0.0496. The number of aryl methyl sites for hydroxylation is 1. The SMILES string of the molecule is CC(=O)N[C@@H](C)c1nc2ccccc2n1Cc1ccc(C)cc1. The highest BCUT2D eigenvalue weighted by Gasteiger charge is 2.17. The molecule has 3 rings (SSSR count). The number of carbonyl (C=O) groups excluding carboxylic acids is 1. The Morgan fingerprint density at radius 2 is 1.87 bits per heavy atom. The van der Waals surface area contributed by atoms with Crippen molar-refractivity contribution in [2.45, 2.75) is 33.4 Å². The number of rotatable bonds is 4. The van der Waals surface area contributed by atoms with Crippen molar-refractivity contribution in [1.29, 1.82) is 0 Å². The fourth-order valence-electron chi connectivity index (χ4n) is 2.84. The second-order valence-electron chi connectivity index (χ2n) is 5.95. The molecule has 3 aromatic rings. The molecule has 1 heterocycles. The summed E-state index contributed by atoms with van der Waals surface area (Å²) < 4.78 is 2.18. The molecule has 0 radical (unpaired) electrons. The Hall–Kier alpha value is -2.62. The summed E-state index contributed by atoms with van der Waals surface area (Å²) in [7, 11) is 0. The van der Waals surface area contributed by atoms with Crippen molar-refractivity contribution < 1.29 is 4.79 Å². The molecule has 4 heteroatoms. The number of imidazole rings is 1. The van der Waals surface area contributed by atoms with E-state index in [-0.39, 0.29) is 11.9 Å². The Balaban J connectivity index is 2.05. The minimum atomic E-state index is -0.134. The molecule has 0 aliphatic heterocycles. The van der Waals surface area contributed by atoms with Crippen LogP contribution in [0.5, 0.6) is 0 Å². The van der Waals surface area contributed by atoms with Gasteiger partial charge < -0.3 is 9.88 Å². The van der Waals surface area contributed by atoms with Gasteiger partial charge in [0.15, 0.2) is 0 Å². The molecule has 1 atom stereocenters. The van der Waals surface area contributed by atoms with Gasteiger partial charge in [0.25, 0.3) is 0 Å². The van der Waals surface area contributed by atoms with Crippen LogP contribution < -0.4 is 5.32 Å². The van der Waals surface area contributed by atoms with Crippen LogP contribution in [-0.4, -0.2) is 15.5 Å². The smallest absolute Gasteiger partial charge is 0.217 e. The fourth-order valence-corrected chi connectivity index (χ4v) is 2.84. The Labute approximate surface area is 136 Å².